The van der Waals surface area contributed by atoms with Crippen LogP contribution < -0.4 is 0 Å². The van der Waals surface area contributed by atoms with E-state index in [1.54, 1.807) is 0 Å². The van der Waals surface area contributed by atoms with Gasteiger partial charge in [-0.05, 0) is 29.9 Å². The molecule has 0 N–H and O–H groups in total. The van der Waals surface area contributed by atoms with Gasteiger partial charge < -0.3 is 0 Å². The van der Waals surface area contributed by atoms with Crippen LogP contribution in [0.4, 0.5) is 4.39 Å². The van der Waals surface area contributed by atoms with E-state index in [1.807, 2.05) is 48.5 Å². The maximum Gasteiger partial charge on any atom is 0.134 e. The van der Waals surface area contributed by atoms with Crippen LogP contribution in [0.5, 0.6) is 0 Å². The van der Waals surface area contributed by atoms with E-state index in [0.29, 0.717) is 5.92 Å². The van der Waals surface area contributed by atoms with Gasteiger partial charge in [-0.3, -0.25) is 0 Å². The summed E-state index contributed by atoms with van der Waals surface area (Å²) in [6, 6.07) is 15.7. The predicted octanol–water partition coefficient (Wildman–Crippen LogP) is 5.54. The van der Waals surface area contributed by atoms with Crippen molar-refractivity contribution in [3.63, 3.8) is 0 Å². The second-order valence-corrected chi connectivity index (χ2v) is 5.41. The molecule has 0 nitrogen and oxygen atoms in total. The summed E-state index contributed by atoms with van der Waals surface area (Å²) in [6.07, 6.45) is 6.04. The van der Waals surface area contributed by atoms with Crippen LogP contribution in [0.15, 0.2) is 48.5 Å². The Morgan fingerprint density at radius 1 is 0.789 bits per heavy atom. The summed E-state index contributed by atoms with van der Waals surface area (Å²) in [5.74, 6) is 0.401. The fourth-order valence-electron chi connectivity index (χ4n) is 3.12. The normalized spacial score (nSPS) is 16.5. The van der Waals surface area contributed by atoms with Crippen molar-refractivity contribution in [1.82, 2.24) is 0 Å². The first-order valence-corrected chi connectivity index (χ1v) is 7.20. The van der Waals surface area contributed by atoms with Crippen molar-refractivity contribution in [2.75, 3.05) is 0 Å². The second-order valence-electron chi connectivity index (χ2n) is 5.41. The first kappa shape index (κ1) is 12.4. The van der Waals surface area contributed by atoms with E-state index in [0.717, 1.165) is 29.5 Å². The maximum atomic E-state index is 14.7. The fraction of sp³-hybridized carbons (Fsp3) is 0.333. The molecule has 3 rings (SSSR count). The van der Waals surface area contributed by atoms with Crippen LogP contribution in [0, 0.1) is 5.82 Å². The highest BCUT2D eigenvalue weighted by molar-refractivity contribution is 5.65. The molecular weight excluding hydrogens is 235 g/mol. The summed E-state index contributed by atoms with van der Waals surface area (Å²) < 4.78 is 14.7. The van der Waals surface area contributed by atoms with Gasteiger partial charge >= 0.3 is 0 Å². The molecule has 0 unspecified atom stereocenters. The molecule has 0 amide bonds. The molecule has 0 atom stereocenters. The van der Waals surface area contributed by atoms with Crippen molar-refractivity contribution in [3.8, 4) is 11.1 Å². The third kappa shape index (κ3) is 2.56. The maximum absolute atomic E-state index is 14.7. The largest absolute Gasteiger partial charge is 0.206 e. The number of hydrogen-bond donors (Lipinski definition) is 0. The van der Waals surface area contributed by atoms with Crippen molar-refractivity contribution in [3.05, 3.63) is 59.9 Å². The molecule has 1 aliphatic rings. The topological polar surface area (TPSA) is 0 Å². The number of benzene rings is 2. The minimum atomic E-state index is -0.0133. The molecule has 2 aromatic rings. The van der Waals surface area contributed by atoms with E-state index in [1.165, 1.54) is 19.3 Å². The predicted molar refractivity (Wildman–Crippen MR) is 77.7 cm³/mol. The van der Waals surface area contributed by atoms with Crippen molar-refractivity contribution in [2.24, 2.45) is 0 Å². The van der Waals surface area contributed by atoms with E-state index < -0.39 is 0 Å². The van der Waals surface area contributed by atoms with Crippen LogP contribution in [0.2, 0.25) is 0 Å². The molecule has 0 spiro atoms. The van der Waals surface area contributed by atoms with Gasteiger partial charge in [-0.1, -0.05) is 67.8 Å². The van der Waals surface area contributed by atoms with Gasteiger partial charge in [0.1, 0.15) is 5.82 Å². The summed E-state index contributed by atoms with van der Waals surface area (Å²) in [5, 5.41) is 0. The first-order valence-electron chi connectivity index (χ1n) is 7.20. The second kappa shape index (κ2) is 5.56. The zero-order valence-electron chi connectivity index (χ0n) is 11.1. The summed E-state index contributed by atoms with van der Waals surface area (Å²) in [7, 11) is 0. The van der Waals surface area contributed by atoms with Crippen molar-refractivity contribution in [1.29, 1.82) is 0 Å². The molecule has 0 aliphatic heterocycles. The van der Waals surface area contributed by atoms with Crippen LogP contribution in [-0.4, -0.2) is 0 Å². The lowest BCUT2D eigenvalue weighted by atomic mass is 9.83. The summed E-state index contributed by atoms with van der Waals surface area (Å²) >= 11 is 0. The molecule has 2 aromatic carbocycles. The fourth-order valence-corrected chi connectivity index (χ4v) is 3.12. The summed E-state index contributed by atoms with van der Waals surface area (Å²) in [6.45, 7) is 0. The molecule has 0 radical (unpaired) electrons. The van der Waals surface area contributed by atoms with E-state index in [4.69, 9.17) is 0 Å². The molecule has 1 fully saturated rings. The van der Waals surface area contributed by atoms with E-state index >= 15 is 0 Å². The molecule has 19 heavy (non-hydrogen) atoms. The molecule has 0 saturated heterocycles. The Morgan fingerprint density at radius 3 is 2.26 bits per heavy atom. The molecule has 0 heterocycles. The highest BCUT2D eigenvalue weighted by Gasteiger charge is 2.20. The average molecular weight is 254 g/mol. The number of halogens is 1. The third-order valence-electron chi connectivity index (χ3n) is 4.16. The Morgan fingerprint density at radius 2 is 1.53 bits per heavy atom. The zero-order valence-corrected chi connectivity index (χ0v) is 11.1. The Bertz CT molecular complexity index is 539. The lowest BCUT2D eigenvalue weighted by Crippen LogP contribution is -2.07. The lowest BCUT2D eigenvalue weighted by Gasteiger charge is -2.23. The van der Waals surface area contributed by atoms with Crippen molar-refractivity contribution >= 4 is 0 Å². The summed E-state index contributed by atoms with van der Waals surface area (Å²) in [4.78, 5) is 0. The van der Waals surface area contributed by atoms with Gasteiger partial charge in [0.15, 0.2) is 0 Å². The smallest absolute Gasteiger partial charge is 0.134 e. The van der Waals surface area contributed by atoms with E-state index in [9.17, 15) is 4.39 Å². The molecule has 1 heteroatoms. The molecule has 1 saturated carbocycles. The third-order valence-corrected chi connectivity index (χ3v) is 4.16. The van der Waals surface area contributed by atoms with Crippen LogP contribution >= 0.6 is 0 Å². The first-order chi connectivity index (χ1) is 9.36. The monoisotopic (exact) mass is 254 g/mol. The number of rotatable bonds is 2. The highest BCUT2D eigenvalue weighted by atomic mass is 19.1. The van der Waals surface area contributed by atoms with Crippen molar-refractivity contribution in [2.45, 2.75) is 38.0 Å². The molecule has 0 bridgehead atoms. The van der Waals surface area contributed by atoms with Crippen LogP contribution in [-0.2, 0) is 0 Å². The molecular formula is C18H19F. The standard InChI is InChI=1S/C18H19F/c19-18-16(14-8-3-1-4-9-14)12-7-13-17(18)15-10-5-2-6-11-15/h1,3-4,7-9,12-13,15H,2,5-6,10-11H2. The Balaban J connectivity index is 1.99. The van der Waals surface area contributed by atoms with Gasteiger partial charge in [-0.15, -0.1) is 0 Å². The van der Waals surface area contributed by atoms with E-state index in [2.05, 4.69) is 0 Å². The highest BCUT2D eigenvalue weighted by Crippen LogP contribution is 2.36. The van der Waals surface area contributed by atoms with Gasteiger partial charge in [-0.2, -0.15) is 0 Å². The van der Waals surface area contributed by atoms with Gasteiger partial charge in [-0.25, -0.2) is 4.39 Å². The van der Waals surface area contributed by atoms with Gasteiger partial charge in [0.2, 0.25) is 0 Å². The van der Waals surface area contributed by atoms with Gasteiger partial charge in [0.25, 0.3) is 0 Å². The van der Waals surface area contributed by atoms with Crippen LogP contribution in [0.25, 0.3) is 11.1 Å². The van der Waals surface area contributed by atoms with Crippen LogP contribution in [0.3, 0.4) is 0 Å². The minimum Gasteiger partial charge on any atom is -0.206 e. The molecule has 0 aromatic heterocycles. The van der Waals surface area contributed by atoms with Crippen LogP contribution in [0.1, 0.15) is 43.6 Å². The van der Waals surface area contributed by atoms with E-state index in [-0.39, 0.29) is 5.82 Å². The zero-order chi connectivity index (χ0) is 13.1. The van der Waals surface area contributed by atoms with Gasteiger partial charge in [0, 0.05) is 5.56 Å². The minimum absolute atomic E-state index is 0.0133. The Kier molecular flexibility index (Phi) is 3.63. The van der Waals surface area contributed by atoms with Gasteiger partial charge in [0.05, 0.1) is 0 Å². The molecule has 98 valence electrons. The summed E-state index contributed by atoms with van der Waals surface area (Å²) in [5.41, 5.74) is 2.63. The number of hydrogen-bond acceptors (Lipinski definition) is 0. The quantitative estimate of drug-likeness (QED) is 0.660. The average Bonchev–Trinajstić information content (AvgIpc) is 2.49. The lowest BCUT2D eigenvalue weighted by molar-refractivity contribution is 0.430. The Hall–Kier alpha value is -1.63. The van der Waals surface area contributed by atoms with Crippen molar-refractivity contribution < 1.29 is 4.39 Å². The molecule has 1 aliphatic carbocycles. The SMILES string of the molecule is Fc1c(-c2ccccc2)cccc1C1CCCCC1. The Labute approximate surface area is 114 Å².